The highest BCUT2D eigenvalue weighted by molar-refractivity contribution is 7.99. The predicted molar refractivity (Wildman–Crippen MR) is 69.8 cm³/mol. The molecule has 0 spiro atoms. The molecule has 0 aliphatic heterocycles. The number of hydrogen-bond acceptors (Lipinski definition) is 4. The largest absolute Gasteiger partial charge is 0.390 e. The van der Waals surface area contributed by atoms with E-state index in [1.165, 1.54) is 4.90 Å². The van der Waals surface area contributed by atoms with Crippen molar-refractivity contribution in [3.8, 4) is 11.4 Å². The molecule has 1 aromatic heterocycles. The van der Waals surface area contributed by atoms with Crippen LogP contribution in [0, 0.1) is 0 Å². The molecule has 1 heterocycles. The normalized spacial score (nSPS) is 10.5. The van der Waals surface area contributed by atoms with Crippen LogP contribution in [-0.4, -0.2) is 20.8 Å². The van der Waals surface area contributed by atoms with Crippen molar-refractivity contribution in [1.29, 1.82) is 0 Å². The van der Waals surface area contributed by atoms with Crippen molar-refractivity contribution in [3.05, 3.63) is 42.2 Å². The Kier molecular flexibility index (Phi) is 4.12. The van der Waals surface area contributed by atoms with Gasteiger partial charge in [-0.1, -0.05) is 19.1 Å². The van der Waals surface area contributed by atoms with Crippen LogP contribution < -0.4 is 0 Å². The fourth-order valence-corrected chi connectivity index (χ4v) is 2.15. The second-order valence-electron chi connectivity index (χ2n) is 3.49. The molecule has 2 rings (SSSR count). The molecule has 88 valence electrons. The third-order valence-corrected chi connectivity index (χ3v) is 3.19. The minimum atomic E-state index is -0.0563. The molecule has 0 aliphatic rings. The van der Waals surface area contributed by atoms with Gasteiger partial charge in [-0.15, -0.1) is 11.8 Å². The Morgan fingerprint density at radius 2 is 1.94 bits per heavy atom. The van der Waals surface area contributed by atoms with E-state index in [1.54, 1.807) is 24.0 Å². The molecule has 0 atom stereocenters. The number of hydrogen-bond donors (Lipinski definition) is 1. The number of benzene rings is 1. The van der Waals surface area contributed by atoms with Crippen molar-refractivity contribution in [3.63, 3.8) is 0 Å². The lowest BCUT2D eigenvalue weighted by Crippen LogP contribution is -1.94. The molecule has 0 amide bonds. The first-order valence-electron chi connectivity index (χ1n) is 5.49. The zero-order valence-electron chi connectivity index (χ0n) is 9.63. The average Bonchev–Trinajstić information content (AvgIpc) is 2.40. The number of aliphatic hydroxyl groups excluding tert-OH is 1. The van der Waals surface area contributed by atoms with Gasteiger partial charge in [0.05, 0.1) is 12.3 Å². The molecular formula is C13H14N2OS. The van der Waals surface area contributed by atoms with Crippen LogP contribution in [0.1, 0.15) is 12.6 Å². The number of rotatable bonds is 4. The molecular weight excluding hydrogens is 232 g/mol. The fraction of sp³-hybridized carbons (Fsp3) is 0.231. The maximum atomic E-state index is 9.03. The van der Waals surface area contributed by atoms with Gasteiger partial charge in [0.2, 0.25) is 0 Å². The average molecular weight is 246 g/mol. The van der Waals surface area contributed by atoms with Crippen molar-refractivity contribution >= 4 is 11.8 Å². The Labute approximate surface area is 105 Å². The molecule has 0 radical (unpaired) electrons. The van der Waals surface area contributed by atoms with E-state index in [9.17, 15) is 0 Å². The highest BCUT2D eigenvalue weighted by Crippen LogP contribution is 2.21. The maximum Gasteiger partial charge on any atom is 0.159 e. The highest BCUT2D eigenvalue weighted by Gasteiger charge is 2.02. The van der Waals surface area contributed by atoms with Gasteiger partial charge in [-0.05, 0) is 24.0 Å². The minimum absolute atomic E-state index is 0.0563. The molecule has 0 fully saturated rings. The van der Waals surface area contributed by atoms with E-state index in [-0.39, 0.29) is 6.61 Å². The van der Waals surface area contributed by atoms with Gasteiger partial charge >= 0.3 is 0 Å². The van der Waals surface area contributed by atoms with Crippen molar-refractivity contribution in [1.82, 2.24) is 9.97 Å². The molecule has 0 saturated heterocycles. The summed E-state index contributed by atoms with van der Waals surface area (Å²) in [5, 5.41) is 9.03. The number of aromatic nitrogens is 2. The van der Waals surface area contributed by atoms with Crippen LogP contribution in [0.3, 0.4) is 0 Å². The lowest BCUT2D eigenvalue weighted by atomic mass is 10.2. The Bertz CT molecular complexity index is 485. The van der Waals surface area contributed by atoms with E-state index in [2.05, 4.69) is 29.0 Å². The van der Waals surface area contributed by atoms with Crippen LogP contribution in [0.2, 0.25) is 0 Å². The summed E-state index contributed by atoms with van der Waals surface area (Å²) >= 11 is 1.81. The maximum absolute atomic E-state index is 9.03. The zero-order chi connectivity index (χ0) is 12.1. The van der Waals surface area contributed by atoms with Gasteiger partial charge in [-0.25, -0.2) is 9.97 Å². The summed E-state index contributed by atoms with van der Waals surface area (Å²) in [5.41, 5.74) is 1.61. The Morgan fingerprint density at radius 1 is 1.18 bits per heavy atom. The third kappa shape index (κ3) is 3.05. The van der Waals surface area contributed by atoms with Gasteiger partial charge in [0, 0.05) is 16.7 Å². The summed E-state index contributed by atoms with van der Waals surface area (Å²) < 4.78 is 0. The Balaban J connectivity index is 2.26. The topological polar surface area (TPSA) is 46.0 Å². The monoisotopic (exact) mass is 246 g/mol. The number of nitrogens with zero attached hydrogens (tertiary/aromatic N) is 2. The molecule has 17 heavy (non-hydrogen) atoms. The van der Waals surface area contributed by atoms with Gasteiger partial charge in [0.15, 0.2) is 5.82 Å². The van der Waals surface area contributed by atoms with Crippen molar-refractivity contribution < 1.29 is 5.11 Å². The number of thioether (sulfide) groups is 1. The fourth-order valence-electron chi connectivity index (χ4n) is 1.49. The quantitative estimate of drug-likeness (QED) is 0.843. The first-order chi connectivity index (χ1) is 8.33. The van der Waals surface area contributed by atoms with Crippen LogP contribution in [0.15, 0.2) is 41.4 Å². The van der Waals surface area contributed by atoms with E-state index in [0.29, 0.717) is 11.5 Å². The first kappa shape index (κ1) is 12.1. The molecule has 0 saturated carbocycles. The first-order valence-corrected chi connectivity index (χ1v) is 6.48. The van der Waals surface area contributed by atoms with Crippen LogP contribution >= 0.6 is 11.8 Å². The standard InChI is InChI=1S/C13H14N2OS/c1-2-17-12-5-3-10(4-6-12)13-14-8-7-11(9-16)15-13/h3-8,16H,2,9H2,1H3. The van der Waals surface area contributed by atoms with Crippen molar-refractivity contribution in [2.45, 2.75) is 18.4 Å². The number of aliphatic hydroxyl groups is 1. The Hall–Kier alpha value is -1.39. The lowest BCUT2D eigenvalue weighted by molar-refractivity contribution is 0.277. The zero-order valence-corrected chi connectivity index (χ0v) is 10.4. The van der Waals surface area contributed by atoms with Gasteiger partial charge in [0.1, 0.15) is 0 Å². The minimum Gasteiger partial charge on any atom is -0.390 e. The van der Waals surface area contributed by atoms with E-state index >= 15 is 0 Å². The summed E-state index contributed by atoms with van der Waals surface area (Å²) in [7, 11) is 0. The van der Waals surface area contributed by atoms with Crippen molar-refractivity contribution in [2.75, 3.05) is 5.75 Å². The lowest BCUT2D eigenvalue weighted by Gasteiger charge is -2.03. The van der Waals surface area contributed by atoms with Gasteiger partial charge in [-0.3, -0.25) is 0 Å². The predicted octanol–water partition coefficient (Wildman–Crippen LogP) is 2.75. The summed E-state index contributed by atoms with van der Waals surface area (Å²) in [4.78, 5) is 9.72. The molecule has 0 unspecified atom stereocenters. The van der Waals surface area contributed by atoms with Crippen LogP contribution in [-0.2, 0) is 6.61 Å². The van der Waals surface area contributed by atoms with Gasteiger partial charge < -0.3 is 5.11 Å². The van der Waals surface area contributed by atoms with Crippen LogP contribution in [0.4, 0.5) is 0 Å². The molecule has 4 heteroatoms. The van der Waals surface area contributed by atoms with Gasteiger partial charge in [0.25, 0.3) is 0 Å². The van der Waals surface area contributed by atoms with E-state index in [4.69, 9.17) is 5.11 Å². The second-order valence-corrected chi connectivity index (χ2v) is 4.82. The van der Waals surface area contributed by atoms with Crippen LogP contribution in [0.5, 0.6) is 0 Å². The molecule has 2 aromatic rings. The summed E-state index contributed by atoms with van der Waals surface area (Å²) in [6, 6.07) is 9.87. The van der Waals surface area contributed by atoms with E-state index < -0.39 is 0 Å². The molecule has 3 nitrogen and oxygen atoms in total. The highest BCUT2D eigenvalue weighted by atomic mass is 32.2. The van der Waals surface area contributed by atoms with E-state index in [0.717, 1.165) is 11.3 Å². The summed E-state index contributed by atoms with van der Waals surface area (Å²) in [5.74, 6) is 1.72. The smallest absolute Gasteiger partial charge is 0.159 e. The van der Waals surface area contributed by atoms with E-state index in [1.807, 2.05) is 12.1 Å². The molecule has 0 bridgehead atoms. The second kappa shape index (κ2) is 5.80. The third-order valence-electron chi connectivity index (χ3n) is 2.30. The molecule has 1 aromatic carbocycles. The van der Waals surface area contributed by atoms with Crippen molar-refractivity contribution in [2.24, 2.45) is 0 Å². The Morgan fingerprint density at radius 3 is 2.59 bits per heavy atom. The van der Waals surface area contributed by atoms with Crippen LogP contribution in [0.25, 0.3) is 11.4 Å². The molecule has 1 N–H and O–H groups in total. The summed E-state index contributed by atoms with van der Waals surface area (Å²) in [6.45, 7) is 2.08. The SMILES string of the molecule is CCSc1ccc(-c2nccc(CO)n2)cc1. The summed E-state index contributed by atoms with van der Waals surface area (Å²) in [6.07, 6.45) is 1.67. The van der Waals surface area contributed by atoms with Gasteiger partial charge in [-0.2, -0.15) is 0 Å². The molecule has 0 aliphatic carbocycles.